The Morgan fingerprint density at radius 3 is 2.53 bits per heavy atom. The summed E-state index contributed by atoms with van der Waals surface area (Å²) < 4.78 is 11.3. The monoisotopic (exact) mass is 282 g/mol. The minimum atomic E-state index is -0.811. The number of carbonyl (C=O) groups is 1. The van der Waals surface area contributed by atoms with E-state index in [0.29, 0.717) is 34.9 Å². The predicted molar refractivity (Wildman–Crippen MR) is 70.0 cm³/mol. The fraction of sp³-hybridized carbons (Fsp3) is 0.500. The third-order valence-corrected chi connectivity index (χ3v) is 4.16. The van der Waals surface area contributed by atoms with Crippen molar-refractivity contribution in [3.05, 3.63) is 22.7 Å². The summed E-state index contributed by atoms with van der Waals surface area (Å²) in [5.41, 5.74) is -0.106. The van der Waals surface area contributed by atoms with Crippen LogP contribution in [0.1, 0.15) is 38.7 Å². The van der Waals surface area contributed by atoms with Crippen LogP contribution in [-0.4, -0.2) is 16.9 Å². The Hall–Kier alpha value is -1.42. The summed E-state index contributed by atoms with van der Waals surface area (Å²) in [4.78, 5) is 11.5. The van der Waals surface area contributed by atoms with Crippen LogP contribution in [0.3, 0.4) is 0 Å². The molecule has 0 aromatic heterocycles. The molecule has 1 aromatic carbocycles. The molecule has 1 aliphatic carbocycles. The Bertz CT molecular complexity index is 561. The lowest BCUT2D eigenvalue weighted by molar-refractivity contribution is -0.147. The number of ether oxygens (including phenoxy) is 2. The zero-order chi connectivity index (χ0) is 13.8. The molecule has 0 unspecified atom stereocenters. The number of rotatable bonds is 2. The van der Waals surface area contributed by atoms with Crippen LogP contribution in [0.5, 0.6) is 11.5 Å². The Kier molecular flexibility index (Phi) is 2.52. The Morgan fingerprint density at radius 1 is 1.32 bits per heavy atom. The highest BCUT2D eigenvalue weighted by Crippen LogP contribution is 2.51. The van der Waals surface area contributed by atoms with Gasteiger partial charge in [-0.05, 0) is 30.5 Å². The number of fused-ring (bicyclic) bond motifs is 1. The molecule has 5 heteroatoms. The first-order valence-electron chi connectivity index (χ1n) is 6.30. The lowest BCUT2D eigenvalue weighted by Crippen LogP contribution is -2.42. The highest BCUT2D eigenvalue weighted by Gasteiger charge is 2.47. The van der Waals surface area contributed by atoms with Gasteiger partial charge in [-0.25, -0.2) is 0 Å². The van der Waals surface area contributed by atoms with Crippen molar-refractivity contribution in [2.24, 2.45) is 0 Å². The number of carboxylic acids is 1. The average Bonchev–Trinajstić information content (AvgIpc) is 2.50. The number of hydrogen-bond donors (Lipinski definition) is 1. The number of hydrogen-bond acceptors (Lipinski definition) is 3. The van der Waals surface area contributed by atoms with Gasteiger partial charge in [-0.3, -0.25) is 4.79 Å². The molecular weight excluding hydrogens is 268 g/mol. The van der Waals surface area contributed by atoms with E-state index in [1.807, 2.05) is 0 Å². The van der Waals surface area contributed by atoms with E-state index in [4.69, 9.17) is 21.1 Å². The zero-order valence-electron chi connectivity index (χ0n) is 10.8. The largest absolute Gasteiger partial charge is 0.481 e. The Balaban J connectivity index is 2.07. The molecule has 0 spiro atoms. The molecule has 0 saturated heterocycles. The molecule has 1 N–H and O–H groups in total. The molecule has 0 radical (unpaired) electrons. The minimum absolute atomic E-state index is 0.408. The molecule has 102 valence electrons. The van der Waals surface area contributed by atoms with Gasteiger partial charge in [-0.1, -0.05) is 18.0 Å². The van der Waals surface area contributed by atoms with Crippen molar-refractivity contribution in [2.75, 3.05) is 0 Å². The maximum absolute atomic E-state index is 11.5. The van der Waals surface area contributed by atoms with Crippen LogP contribution in [-0.2, 0) is 10.2 Å². The number of carboxylic acid groups (broad SMARTS) is 1. The van der Waals surface area contributed by atoms with Gasteiger partial charge in [0.2, 0.25) is 5.79 Å². The van der Waals surface area contributed by atoms with E-state index in [2.05, 4.69) is 0 Å². The van der Waals surface area contributed by atoms with E-state index in [1.165, 1.54) is 0 Å². The standard InChI is InChI=1S/C14H15ClO4/c1-13(2)18-10-7-8(6-9(15)11(10)19-13)14(12(16)17)4-3-5-14/h6-7H,3-5H2,1-2H3,(H,16,17). The van der Waals surface area contributed by atoms with E-state index in [0.717, 1.165) is 6.42 Å². The fourth-order valence-electron chi connectivity index (χ4n) is 2.71. The van der Waals surface area contributed by atoms with Crippen LogP contribution in [0.25, 0.3) is 0 Å². The molecule has 2 aliphatic rings. The SMILES string of the molecule is CC1(C)Oc2cc(C3(C(=O)O)CCC3)cc(Cl)c2O1. The lowest BCUT2D eigenvalue weighted by Gasteiger charge is -2.38. The van der Waals surface area contributed by atoms with Gasteiger partial charge in [0, 0.05) is 13.8 Å². The molecule has 3 rings (SSSR count). The van der Waals surface area contributed by atoms with Crippen LogP contribution in [0.2, 0.25) is 5.02 Å². The van der Waals surface area contributed by atoms with Crippen molar-refractivity contribution in [2.45, 2.75) is 44.3 Å². The molecular formula is C14H15ClO4. The van der Waals surface area contributed by atoms with E-state index >= 15 is 0 Å². The molecule has 1 heterocycles. The Labute approximate surface area is 116 Å². The molecule has 19 heavy (non-hydrogen) atoms. The van der Waals surface area contributed by atoms with Gasteiger partial charge in [0.1, 0.15) is 0 Å². The zero-order valence-corrected chi connectivity index (χ0v) is 11.6. The molecule has 0 amide bonds. The fourth-order valence-corrected chi connectivity index (χ4v) is 2.96. The summed E-state index contributed by atoms with van der Waals surface area (Å²) >= 11 is 6.20. The first-order valence-corrected chi connectivity index (χ1v) is 6.67. The van der Waals surface area contributed by atoms with Crippen molar-refractivity contribution < 1.29 is 19.4 Å². The summed E-state index contributed by atoms with van der Waals surface area (Å²) in [7, 11) is 0. The van der Waals surface area contributed by atoms with E-state index < -0.39 is 17.2 Å². The summed E-state index contributed by atoms with van der Waals surface area (Å²) in [5.74, 6) is -0.538. The number of aliphatic carboxylic acids is 1. The van der Waals surface area contributed by atoms with Crippen molar-refractivity contribution in [3.63, 3.8) is 0 Å². The lowest BCUT2D eigenvalue weighted by atomic mass is 9.64. The summed E-state index contributed by atoms with van der Waals surface area (Å²) in [6, 6.07) is 3.45. The third-order valence-electron chi connectivity index (χ3n) is 3.88. The molecule has 0 bridgehead atoms. The van der Waals surface area contributed by atoms with Gasteiger partial charge in [-0.15, -0.1) is 0 Å². The van der Waals surface area contributed by atoms with Gasteiger partial charge in [-0.2, -0.15) is 0 Å². The van der Waals surface area contributed by atoms with E-state index in [9.17, 15) is 9.90 Å². The maximum atomic E-state index is 11.5. The van der Waals surface area contributed by atoms with Gasteiger partial charge in [0.05, 0.1) is 10.4 Å². The topological polar surface area (TPSA) is 55.8 Å². The molecule has 0 atom stereocenters. The highest BCUT2D eigenvalue weighted by molar-refractivity contribution is 6.32. The van der Waals surface area contributed by atoms with Crippen LogP contribution in [0, 0.1) is 0 Å². The maximum Gasteiger partial charge on any atom is 0.314 e. The van der Waals surface area contributed by atoms with Gasteiger partial charge in [0.25, 0.3) is 0 Å². The second kappa shape index (κ2) is 3.79. The van der Waals surface area contributed by atoms with Crippen molar-refractivity contribution >= 4 is 17.6 Å². The number of benzene rings is 1. The predicted octanol–water partition coefficient (Wildman–Crippen LogP) is 3.35. The Morgan fingerprint density at radius 2 is 2.00 bits per heavy atom. The van der Waals surface area contributed by atoms with Crippen LogP contribution in [0.4, 0.5) is 0 Å². The third kappa shape index (κ3) is 1.77. The molecule has 1 saturated carbocycles. The number of halogens is 1. The van der Waals surface area contributed by atoms with Crippen molar-refractivity contribution in [3.8, 4) is 11.5 Å². The second-order valence-corrected chi connectivity index (χ2v) is 6.04. The van der Waals surface area contributed by atoms with Crippen LogP contribution >= 0.6 is 11.6 Å². The van der Waals surface area contributed by atoms with Gasteiger partial charge >= 0.3 is 5.97 Å². The normalized spacial score (nSPS) is 21.8. The highest BCUT2D eigenvalue weighted by atomic mass is 35.5. The van der Waals surface area contributed by atoms with E-state index in [1.54, 1.807) is 26.0 Å². The van der Waals surface area contributed by atoms with Crippen molar-refractivity contribution in [1.29, 1.82) is 0 Å². The van der Waals surface area contributed by atoms with Gasteiger partial charge < -0.3 is 14.6 Å². The summed E-state index contributed by atoms with van der Waals surface area (Å²) in [5, 5.41) is 9.87. The van der Waals surface area contributed by atoms with Crippen LogP contribution in [0.15, 0.2) is 12.1 Å². The first-order chi connectivity index (χ1) is 8.84. The quantitative estimate of drug-likeness (QED) is 0.904. The first kappa shape index (κ1) is 12.6. The van der Waals surface area contributed by atoms with Crippen molar-refractivity contribution in [1.82, 2.24) is 0 Å². The van der Waals surface area contributed by atoms with Gasteiger partial charge in [0.15, 0.2) is 11.5 Å². The summed E-state index contributed by atoms with van der Waals surface area (Å²) in [6.45, 7) is 3.58. The van der Waals surface area contributed by atoms with Crippen LogP contribution < -0.4 is 9.47 Å². The molecule has 1 aromatic rings. The molecule has 1 fully saturated rings. The smallest absolute Gasteiger partial charge is 0.314 e. The average molecular weight is 283 g/mol. The molecule has 1 aliphatic heterocycles. The summed E-state index contributed by atoms with van der Waals surface area (Å²) in [6.07, 6.45) is 2.20. The minimum Gasteiger partial charge on any atom is -0.481 e. The molecule has 4 nitrogen and oxygen atoms in total. The second-order valence-electron chi connectivity index (χ2n) is 5.63. The van der Waals surface area contributed by atoms with E-state index in [-0.39, 0.29) is 0 Å².